The van der Waals surface area contributed by atoms with Gasteiger partial charge in [-0.15, -0.1) is 0 Å². The van der Waals surface area contributed by atoms with E-state index in [4.69, 9.17) is 0 Å². The number of benzene rings is 1. The Morgan fingerprint density at radius 1 is 1.54 bits per heavy atom. The summed E-state index contributed by atoms with van der Waals surface area (Å²) < 4.78 is 0. The van der Waals surface area contributed by atoms with Crippen LogP contribution in [-0.2, 0) is 6.42 Å². The van der Waals surface area contributed by atoms with Crippen molar-refractivity contribution in [3.63, 3.8) is 0 Å². The molecule has 1 unspecified atom stereocenters. The van der Waals surface area contributed by atoms with E-state index in [1.54, 1.807) is 0 Å². The van der Waals surface area contributed by atoms with Crippen LogP contribution in [0.2, 0.25) is 0 Å². The molecule has 1 atom stereocenters. The van der Waals surface area contributed by atoms with Crippen molar-refractivity contribution < 1.29 is 0 Å². The van der Waals surface area contributed by atoms with Crippen molar-refractivity contribution in [3.8, 4) is 0 Å². The highest BCUT2D eigenvalue weighted by molar-refractivity contribution is 5.73. The Morgan fingerprint density at radius 3 is 2.92 bits per heavy atom. The first-order valence-corrected chi connectivity index (χ1v) is 4.67. The van der Waals surface area contributed by atoms with E-state index in [9.17, 15) is 0 Å². The van der Waals surface area contributed by atoms with Crippen LogP contribution in [-0.4, -0.2) is 0 Å². The zero-order chi connectivity index (χ0) is 9.42. The maximum Gasteiger partial charge on any atom is -0.0147 e. The summed E-state index contributed by atoms with van der Waals surface area (Å²) in [6.07, 6.45) is 3.02. The lowest BCUT2D eigenvalue weighted by Crippen LogP contribution is -2.15. The fraction of sp³-hybridized carbons (Fsp3) is 0.231. The van der Waals surface area contributed by atoms with Gasteiger partial charge in [-0.25, -0.2) is 0 Å². The van der Waals surface area contributed by atoms with Gasteiger partial charge in [0.25, 0.3) is 0 Å². The summed E-state index contributed by atoms with van der Waals surface area (Å²) in [5.74, 6) is 0.729. The Labute approximate surface area is 80.3 Å². The maximum atomic E-state index is 3.99. The molecule has 0 heterocycles. The van der Waals surface area contributed by atoms with Gasteiger partial charge in [0.15, 0.2) is 0 Å². The van der Waals surface area contributed by atoms with Gasteiger partial charge in [0.05, 0.1) is 0 Å². The summed E-state index contributed by atoms with van der Waals surface area (Å²) in [6.45, 7) is 10.0. The largest absolute Gasteiger partial charge is 0.0804 e. The number of rotatable bonds is 1. The van der Waals surface area contributed by atoms with Crippen LogP contribution in [0.1, 0.15) is 29.5 Å². The molecule has 0 spiro atoms. The third-order valence-corrected chi connectivity index (χ3v) is 2.85. The number of hydrogen-bond acceptors (Lipinski definition) is 0. The molecule has 0 saturated heterocycles. The topological polar surface area (TPSA) is 0 Å². The maximum absolute atomic E-state index is 3.99. The third-order valence-electron chi connectivity index (χ3n) is 2.85. The lowest BCUT2D eigenvalue weighted by molar-refractivity contribution is 0.665. The van der Waals surface area contributed by atoms with Crippen molar-refractivity contribution in [2.24, 2.45) is 0 Å². The molecule has 1 aromatic rings. The van der Waals surface area contributed by atoms with Gasteiger partial charge in [0, 0.05) is 0 Å². The summed E-state index contributed by atoms with van der Waals surface area (Å²) in [5, 5.41) is 0. The van der Waals surface area contributed by atoms with Gasteiger partial charge in [-0.05, 0) is 48.4 Å². The Balaban J connectivity index is 2.50. The molecule has 66 valence electrons. The van der Waals surface area contributed by atoms with Gasteiger partial charge in [-0.3, -0.25) is 0 Å². The Hall–Kier alpha value is -1.04. The minimum Gasteiger partial charge on any atom is -0.0804 e. The van der Waals surface area contributed by atoms with Crippen LogP contribution in [0, 0.1) is 13.8 Å². The highest BCUT2D eigenvalue weighted by atomic mass is 14.3. The molecule has 1 aromatic carbocycles. The van der Waals surface area contributed by atoms with Crippen molar-refractivity contribution in [2.75, 3.05) is 0 Å². The summed E-state index contributed by atoms with van der Waals surface area (Å²) >= 11 is 0. The minimum absolute atomic E-state index is 0.729. The van der Waals surface area contributed by atoms with Crippen LogP contribution in [0.4, 0.5) is 0 Å². The van der Waals surface area contributed by atoms with E-state index in [1.165, 1.54) is 23.1 Å². The summed E-state index contributed by atoms with van der Waals surface area (Å²) in [7, 11) is 0. The van der Waals surface area contributed by atoms with Gasteiger partial charge in [0.1, 0.15) is 0 Å². The van der Waals surface area contributed by atoms with E-state index in [0.29, 0.717) is 0 Å². The zero-order valence-electron chi connectivity index (χ0n) is 8.01. The molecule has 0 bridgehead atoms. The molecule has 0 heteroatoms. The molecule has 1 aliphatic rings. The minimum atomic E-state index is 0.729. The Kier molecular flexibility index (Phi) is 1.99. The molecule has 0 aliphatic heterocycles. The molecule has 13 heavy (non-hydrogen) atoms. The van der Waals surface area contributed by atoms with Crippen molar-refractivity contribution in [1.29, 1.82) is 0 Å². The molecule has 0 nitrogen and oxygen atoms in total. The molecule has 0 fully saturated rings. The van der Waals surface area contributed by atoms with E-state index in [1.807, 2.05) is 6.08 Å². The smallest absolute Gasteiger partial charge is 0.0147 e. The van der Waals surface area contributed by atoms with Crippen LogP contribution >= 0.6 is 0 Å². The molecule has 0 saturated carbocycles. The quantitative estimate of drug-likeness (QED) is 0.606. The lowest BCUT2D eigenvalue weighted by atomic mass is 9.75. The van der Waals surface area contributed by atoms with E-state index in [2.05, 4.69) is 39.0 Å². The number of allylic oxidation sites excluding steroid dienone is 2. The van der Waals surface area contributed by atoms with Gasteiger partial charge in [-0.1, -0.05) is 31.2 Å². The average Bonchev–Trinajstić information content (AvgIpc) is 2.15. The number of hydrogen-bond donors (Lipinski definition) is 0. The molecule has 1 aliphatic carbocycles. The van der Waals surface area contributed by atoms with Crippen LogP contribution < -0.4 is 0 Å². The standard InChI is InChI=1S/C13H14/c1-4-9(2)11-6-5-7-12-10(3)8-13(11)12/h4-7,10H,1-2,8H2,3H3. The monoisotopic (exact) mass is 170 g/mol. The van der Waals surface area contributed by atoms with Crippen LogP contribution in [0.25, 0.3) is 5.57 Å². The first-order chi connectivity index (χ1) is 6.24. The van der Waals surface area contributed by atoms with Crippen molar-refractivity contribution >= 4 is 5.57 Å². The second kappa shape index (κ2) is 3.02. The van der Waals surface area contributed by atoms with E-state index >= 15 is 0 Å². The second-order valence-corrected chi connectivity index (χ2v) is 3.71. The fourth-order valence-corrected chi connectivity index (χ4v) is 1.99. The van der Waals surface area contributed by atoms with Crippen molar-refractivity contribution in [2.45, 2.75) is 19.3 Å². The average molecular weight is 170 g/mol. The van der Waals surface area contributed by atoms with Crippen LogP contribution in [0.15, 0.2) is 24.3 Å². The molecular formula is C13H14. The van der Waals surface area contributed by atoms with E-state index in [-0.39, 0.29) is 0 Å². The summed E-state index contributed by atoms with van der Waals surface area (Å²) in [6, 6.07) is 6.45. The lowest BCUT2D eigenvalue weighted by Gasteiger charge is -2.29. The van der Waals surface area contributed by atoms with Crippen LogP contribution in [0.3, 0.4) is 0 Å². The third kappa shape index (κ3) is 1.21. The molecular weight excluding hydrogens is 156 g/mol. The Bertz CT molecular complexity index is 358. The number of fused-ring (bicyclic) bond motifs is 1. The van der Waals surface area contributed by atoms with Crippen LogP contribution in [0.5, 0.6) is 0 Å². The van der Waals surface area contributed by atoms with Crippen molar-refractivity contribution in [1.82, 2.24) is 0 Å². The molecule has 0 aromatic heterocycles. The first kappa shape index (κ1) is 8.55. The normalized spacial score (nSPS) is 20.8. The summed E-state index contributed by atoms with van der Waals surface area (Å²) in [4.78, 5) is 0. The van der Waals surface area contributed by atoms with E-state index in [0.717, 1.165) is 11.5 Å². The van der Waals surface area contributed by atoms with Crippen molar-refractivity contribution in [3.05, 3.63) is 54.8 Å². The van der Waals surface area contributed by atoms with Gasteiger partial charge < -0.3 is 0 Å². The SMILES string of the molecule is [CH2]C=C([CH2])c1cccc2c1CC2C. The predicted molar refractivity (Wildman–Crippen MR) is 57.3 cm³/mol. The van der Waals surface area contributed by atoms with E-state index < -0.39 is 0 Å². The van der Waals surface area contributed by atoms with Gasteiger partial charge in [0.2, 0.25) is 0 Å². The molecule has 0 N–H and O–H groups in total. The highest BCUT2D eigenvalue weighted by Crippen LogP contribution is 2.38. The predicted octanol–water partition coefficient (Wildman–Crippen LogP) is 3.40. The zero-order valence-corrected chi connectivity index (χ0v) is 8.01. The molecule has 2 rings (SSSR count). The molecule has 2 radical (unpaired) electrons. The first-order valence-electron chi connectivity index (χ1n) is 4.67. The van der Waals surface area contributed by atoms with Gasteiger partial charge in [-0.2, -0.15) is 0 Å². The Morgan fingerprint density at radius 2 is 2.31 bits per heavy atom. The second-order valence-electron chi connectivity index (χ2n) is 3.71. The highest BCUT2D eigenvalue weighted by Gasteiger charge is 2.24. The summed E-state index contributed by atoms with van der Waals surface area (Å²) in [5.41, 5.74) is 5.29. The fourth-order valence-electron chi connectivity index (χ4n) is 1.99. The van der Waals surface area contributed by atoms with Gasteiger partial charge >= 0.3 is 0 Å². The molecule has 0 amide bonds.